The van der Waals surface area contributed by atoms with Gasteiger partial charge in [-0.1, -0.05) is 35.5 Å². The van der Waals surface area contributed by atoms with E-state index < -0.39 is 0 Å². The maximum Gasteiger partial charge on any atom is 0.243 e. The van der Waals surface area contributed by atoms with E-state index in [0.717, 1.165) is 24.5 Å². The SMILES string of the molecule is Cc1cc(NC(=O)[C@H](C)N2CCS[C@H](c3ccccc3)C2)on1. The molecule has 1 amide bonds. The van der Waals surface area contributed by atoms with Crippen molar-refractivity contribution in [3.05, 3.63) is 47.7 Å². The highest BCUT2D eigenvalue weighted by Crippen LogP contribution is 2.33. The van der Waals surface area contributed by atoms with E-state index in [9.17, 15) is 4.79 Å². The highest BCUT2D eigenvalue weighted by atomic mass is 32.2. The molecule has 1 aliphatic rings. The van der Waals surface area contributed by atoms with Crippen molar-refractivity contribution < 1.29 is 9.32 Å². The highest BCUT2D eigenvalue weighted by Gasteiger charge is 2.28. The Morgan fingerprint density at radius 3 is 2.91 bits per heavy atom. The summed E-state index contributed by atoms with van der Waals surface area (Å²) in [5, 5.41) is 6.99. The average molecular weight is 331 g/mol. The fourth-order valence-corrected chi connectivity index (χ4v) is 3.98. The Kier molecular flexibility index (Phi) is 5.03. The van der Waals surface area contributed by atoms with Crippen molar-refractivity contribution >= 4 is 23.6 Å². The number of carbonyl (C=O) groups excluding carboxylic acids is 1. The van der Waals surface area contributed by atoms with E-state index >= 15 is 0 Å². The number of nitrogens with one attached hydrogen (secondary N) is 1. The lowest BCUT2D eigenvalue weighted by Gasteiger charge is -2.35. The normalized spacial score (nSPS) is 20.2. The first-order valence-corrected chi connectivity index (χ1v) is 8.83. The van der Waals surface area contributed by atoms with Gasteiger partial charge in [0.25, 0.3) is 0 Å². The van der Waals surface area contributed by atoms with Crippen molar-refractivity contribution in [1.82, 2.24) is 10.1 Å². The number of rotatable bonds is 4. The van der Waals surface area contributed by atoms with Crippen LogP contribution in [0.2, 0.25) is 0 Å². The average Bonchev–Trinajstić information content (AvgIpc) is 3.00. The molecule has 1 aliphatic heterocycles. The Hall–Kier alpha value is -1.79. The maximum atomic E-state index is 12.4. The van der Waals surface area contributed by atoms with E-state index in [1.165, 1.54) is 5.56 Å². The molecular formula is C17H21N3O2S. The molecule has 0 radical (unpaired) electrons. The fraction of sp³-hybridized carbons (Fsp3) is 0.412. The monoisotopic (exact) mass is 331 g/mol. The van der Waals surface area contributed by atoms with Gasteiger partial charge in [-0.25, -0.2) is 0 Å². The molecule has 5 nitrogen and oxygen atoms in total. The quantitative estimate of drug-likeness (QED) is 0.933. The molecule has 0 aliphatic carbocycles. The largest absolute Gasteiger partial charge is 0.338 e. The maximum absolute atomic E-state index is 12.4. The molecule has 0 spiro atoms. The number of amides is 1. The van der Waals surface area contributed by atoms with Crippen LogP contribution < -0.4 is 5.32 Å². The summed E-state index contributed by atoms with van der Waals surface area (Å²) in [6, 6.07) is 12.0. The Morgan fingerprint density at radius 2 is 2.22 bits per heavy atom. The van der Waals surface area contributed by atoms with Crippen molar-refractivity contribution in [3.63, 3.8) is 0 Å². The van der Waals surface area contributed by atoms with Gasteiger partial charge in [0.2, 0.25) is 11.8 Å². The van der Waals surface area contributed by atoms with Crippen LogP contribution >= 0.6 is 11.8 Å². The Balaban J connectivity index is 1.62. The zero-order valence-corrected chi connectivity index (χ0v) is 14.2. The third kappa shape index (κ3) is 3.95. The first-order chi connectivity index (χ1) is 11.1. The van der Waals surface area contributed by atoms with Crippen LogP contribution in [0.5, 0.6) is 0 Å². The zero-order chi connectivity index (χ0) is 16.2. The molecule has 1 saturated heterocycles. The molecule has 1 fully saturated rings. The molecule has 0 saturated carbocycles. The van der Waals surface area contributed by atoms with E-state index in [0.29, 0.717) is 11.1 Å². The third-order valence-corrected chi connectivity index (χ3v) is 5.31. The van der Waals surface area contributed by atoms with Crippen LogP contribution in [0, 0.1) is 6.92 Å². The first-order valence-electron chi connectivity index (χ1n) is 7.78. The summed E-state index contributed by atoms with van der Waals surface area (Å²) in [5.41, 5.74) is 2.08. The van der Waals surface area contributed by atoms with E-state index in [-0.39, 0.29) is 11.9 Å². The third-order valence-electron chi connectivity index (χ3n) is 4.07. The lowest BCUT2D eigenvalue weighted by Crippen LogP contribution is -2.46. The molecule has 122 valence electrons. The van der Waals surface area contributed by atoms with E-state index in [4.69, 9.17) is 4.52 Å². The van der Waals surface area contributed by atoms with Gasteiger partial charge >= 0.3 is 0 Å². The molecule has 6 heteroatoms. The van der Waals surface area contributed by atoms with Crippen LogP contribution in [0.3, 0.4) is 0 Å². The Bertz CT molecular complexity index is 659. The van der Waals surface area contributed by atoms with Crippen LogP contribution in [-0.4, -0.2) is 40.8 Å². The summed E-state index contributed by atoms with van der Waals surface area (Å²) in [7, 11) is 0. The van der Waals surface area contributed by atoms with Gasteiger partial charge in [0, 0.05) is 30.2 Å². The van der Waals surface area contributed by atoms with Crippen molar-refractivity contribution in [2.45, 2.75) is 25.1 Å². The summed E-state index contributed by atoms with van der Waals surface area (Å²) >= 11 is 1.95. The van der Waals surface area contributed by atoms with Gasteiger partial charge in [-0.05, 0) is 19.4 Å². The molecule has 1 aromatic carbocycles. The molecule has 1 N–H and O–H groups in total. The molecule has 2 atom stereocenters. The van der Waals surface area contributed by atoms with Gasteiger partial charge in [-0.15, -0.1) is 0 Å². The molecule has 3 rings (SSSR count). The van der Waals surface area contributed by atoms with Crippen LogP contribution in [0.25, 0.3) is 0 Å². The minimum atomic E-state index is -0.201. The second kappa shape index (κ2) is 7.19. The molecule has 2 aromatic rings. The summed E-state index contributed by atoms with van der Waals surface area (Å²) in [4.78, 5) is 14.6. The number of hydrogen-bond donors (Lipinski definition) is 1. The molecular weight excluding hydrogens is 310 g/mol. The van der Waals surface area contributed by atoms with Gasteiger partial charge in [0.15, 0.2) is 0 Å². The molecule has 23 heavy (non-hydrogen) atoms. The van der Waals surface area contributed by atoms with Crippen LogP contribution in [0.15, 0.2) is 40.9 Å². The van der Waals surface area contributed by atoms with Gasteiger partial charge in [0.05, 0.1) is 11.7 Å². The van der Waals surface area contributed by atoms with Crippen molar-refractivity contribution in [2.75, 3.05) is 24.2 Å². The van der Waals surface area contributed by atoms with Gasteiger partial charge in [-0.3, -0.25) is 15.0 Å². The summed E-state index contributed by atoms with van der Waals surface area (Å²) < 4.78 is 5.06. The number of carbonyl (C=O) groups is 1. The summed E-state index contributed by atoms with van der Waals surface area (Å²) in [6.45, 7) is 5.56. The van der Waals surface area contributed by atoms with Crippen molar-refractivity contribution in [2.24, 2.45) is 0 Å². The first kappa shape index (κ1) is 16.1. The topological polar surface area (TPSA) is 58.4 Å². The number of aromatic nitrogens is 1. The molecule has 0 unspecified atom stereocenters. The van der Waals surface area contributed by atoms with Gasteiger partial charge in [0.1, 0.15) is 0 Å². The van der Waals surface area contributed by atoms with Crippen LogP contribution in [-0.2, 0) is 4.79 Å². The lowest BCUT2D eigenvalue weighted by atomic mass is 10.1. The molecule has 1 aromatic heterocycles. The minimum Gasteiger partial charge on any atom is -0.338 e. The highest BCUT2D eigenvalue weighted by molar-refractivity contribution is 7.99. The number of aryl methyl sites for hydroxylation is 1. The number of benzene rings is 1. The van der Waals surface area contributed by atoms with Gasteiger partial charge < -0.3 is 4.52 Å². The second-order valence-corrected chi connectivity index (χ2v) is 7.07. The predicted molar refractivity (Wildman–Crippen MR) is 92.5 cm³/mol. The Labute approximate surface area is 140 Å². The predicted octanol–water partition coefficient (Wildman–Crippen LogP) is 3.10. The van der Waals surface area contributed by atoms with Gasteiger partial charge in [-0.2, -0.15) is 11.8 Å². The smallest absolute Gasteiger partial charge is 0.243 e. The van der Waals surface area contributed by atoms with Crippen LogP contribution in [0.4, 0.5) is 5.88 Å². The minimum absolute atomic E-state index is 0.0557. The number of anilines is 1. The fourth-order valence-electron chi connectivity index (χ4n) is 2.70. The zero-order valence-electron chi connectivity index (χ0n) is 13.4. The van der Waals surface area contributed by atoms with Crippen LogP contribution in [0.1, 0.15) is 23.4 Å². The number of nitrogens with zero attached hydrogens (tertiary/aromatic N) is 2. The molecule has 2 heterocycles. The van der Waals surface area contributed by atoms with E-state index in [2.05, 4.69) is 39.6 Å². The molecule has 0 bridgehead atoms. The summed E-state index contributed by atoms with van der Waals surface area (Å²) in [5.74, 6) is 1.38. The van der Waals surface area contributed by atoms with Crippen molar-refractivity contribution in [1.29, 1.82) is 0 Å². The summed E-state index contributed by atoms with van der Waals surface area (Å²) in [6.07, 6.45) is 0. The van der Waals surface area contributed by atoms with E-state index in [1.54, 1.807) is 6.07 Å². The van der Waals surface area contributed by atoms with E-state index in [1.807, 2.05) is 31.7 Å². The Morgan fingerprint density at radius 1 is 1.43 bits per heavy atom. The second-order valence-electron chi connectivity index (χ2n) is 5.76. The lowest BCUT2D eigenvalue weighted by molar-refractivity contribution is -0.120. The standard InChI is InChI=1S/C17H21N3O2S/c1-12-10-16(22-19-12)18-17(21)13(2)20-8-9-23-15(11-20)14-6-4-3-5-7-14/h3-7,10,13,15H,8-9,11H2,1-2H3,(H,18,21)/t13-,15-/m0/s1. The van der Waals surface area contributed by atoms with Crippen molar-refractivity contribution in [3.8, 4) is 0 Å². The number of thioether (sulfide) groups is 1. The number of hydrogen-bond acceptors (Lipinski definition) is 5.